The zero-order valence-corrected chi connectivity index (χ0v) is 9.51. The molecule has 0 bridgehead atoms. The number of morpholine rings is 1. The maximum Gasteiger partial charge on any atom is 0.0830 e. The third-order valence-corrected chi connectivity index (χ3v) is 3.98. The van der Waals surface area contributed by atoms with Crippen LogP contribution in [0.3, 0.4) is 0 Å². The Kier molecular flexibility index (Phi) is 3.13. The largest absolute Gasteiger partial charge is 0.372 e. The van der Waals surface area contributed by atoms with Gasteiger partial charge >= 0.3 is 0 Å². The molecule has 1 saturated carbocycles. The van der Waals surface area contributed by atoms with E-state index in [9.17, 15) is 0 Å². The highest BCUT2D eigenvalue weighted by molar-refractivity contribution is 4.96. The molecule has 0 radical (unpaired) electrons. The molecule has 2 nitrogen and oxygen atoms in total. The van der Waals surface area contributed by atoms with E-state index in [2.05, 4.69) is 19.2 Å². The molecular formula is C12H23NO. The first-order valence-corrected chi connectivity index (χ1v) is 6.18. The molecule has 14 heavy (non-hydrogen) atoms. The van der Waals surface area contributed by atoms with Crippen molar-refractivity contribution in [2.45, 2.75) is 57.6 Å². The Morgan fingerprint density at radius 1 is 1.29 bits per heavy atom. The number of hydrogen-bond acceptors (Lipinski definition) is 2. The lowest BCUT2D eigenvalue weighted by atomic mass is 9.84. The van der Waals surface area contributed by atoms with Crippen LogP contribution in [0.1, 0.15) is 46.0 Å². The van der Waals surface area contributed by atoms with Gasteiger partial charge in [0.1, 0.15) is 0 Å². The fraction of sp³-hybridized carbons (Fsp3) is 1.00. The van der Waals surface area contributed by atoms with Crippen molar-refractivity contribution in [3.05, 3.63) is 0 Å². The summed E-state index contributed by atoms with van der Waals surface area (Å²) in [6.45, 7) is 6.45. The first-order valence-electron chi connectivity index (χ1n) is 6.18. The van der Waals surface area contributed by atoms with E-state index >= 15 is 0 Å². The fourth-order valence-electron chi connectivity index (χ4n) is 2.71. The predicted molar refractivity (Wildman–Crippen MR) is 58.4 cm³/mol. The van der Waals surface area contributed by atoms with Gasteiger partial charge in [-0.3, -0.25) is 0 Å². The first kappa shape index (κ1) is 10.4. The van der Waals surface area contributed by atoms with Crippen molar-refractivity contribution in [2.24, 2.45) is 5.92 Å². The van der Waals surface area contributed by atoms with Crippen molar-refractivity contribution < 1.29 is 4.74 Å². The Bertz CT molecular complexity index is 185. The summed E-state index contributed by atoms with van der Waals surface area (Å²) in [5, 5.41) is 3.66. The van der Waals surface area contributed by atoms with Gasteiger partial charge in [-0.25, -0.2) is 0 Å². The van der Waals surface area contributed by atoms with Gasteiger partial charge in [-0.1, -0.05) is 26.7 Å². The second-order valence-corrected chi connectivity index (χ2v) is 4.81. The van der Waals surface area contributed by atoms with Gasteiger partial charge in [0.2, 0.25) is 0 Å². The summed E-state index contributed by atoms with van der Waals surface area (Å²) in [4.78, 5) is 0. The minimum Gasteiger partial charge on any atom is -0.372 e. The van der Waals surface area contributed by atoms with Crippen molar-refractivity contribution in [1.29, 1.82) is 0 Å². The number of ether oxygens (including phenoxy) is 1. The Hall–Kier alpha value is -0.0800. The van der Waals surface area contributed by atoms with E-state index in [1.54, 1.807) is 0 Å². The molecule has 0 spiro atoms. The van der Waals surface area contributed by atoms with Crippen LogP contribution in [0.2, 0.25) is 0 Å². The third-order valence-electron chi connectivity index (χ3n) is 3.98. The van der Waals surface area contributed by atoms with Crippen LogP contribution < -0.4 is 5.32 Å². The van der Waals surface area contributed by atoms with Gasteiger partial charge in [0.05, 0.1) is 12.2 Å². The highest BCUT2D eigenvalue weighted by Gasteiger charge is 2.41. The summed E-state index contributed by atoms with van der Waals surface area (Å²) >= 11 is 0. The van der Waals surface area contributed by atoms with Crippen molar-refractivity contribution in [3.63, 3.8) is 0 Å². The summed E-state index contributed by atoms with van der Waals surface area (Å²) in [5.41, 5.74) is 0.140. The van der Waals surface area contributed by atoms with Gasteiger partial charge in [0, 0.05) is 12.6 Å². The second-order valence-electron chi connectivity index (χ2n) is 4.81. The maximum absolute atomic E-state index is 6.04. The molecule has 0 aromatic rings. The maximum atomic E-state index is 6.04. The molecule has 0 aromatic carbocycles. The van der Waals surface area contributed by atoms with E-state index in [0.29, 0.717) is 6.04 Å². The van der Waals surface area contributed by atoms with Crippen LogP contribution in [-0.2, 0) is 4.74 Å². The molecule has 0 amide bonds. The SMILES string of the molecule is CCC1(CC)OCCNC1CC1CC1. The minimum atomic E-state index is 0.140. The zero-order valence-electron chi connectivity index (χ0n) is 9.51. The standard InChI is InChI=1S/C12H23NO/c1-3-12(4-2)11(9-10-5-6-10)13-7-8-14-12/h10-11,13H,3-9H2,1-2H3. The zero-order chi connectivity index (χ0) is 10.0. The first-order chi connectivity index (χ1) is 6.80. The lowest BCUT2D eigenvalue weighted by Crippen LogP contribution is -2.57. The third kappa shape index (κ3) is 1.96. The monoisotopic (exact) mass is 197 g/mol. The van der Waals surface area contributed by atoms with E-state index < -0.39 is 0 Å². The molecule has 2 fully saturated rings. The van der Waals surface area contributed by atoms with Crippen molar-refractivity contribution in [1.82, 2.24) is 5.32 Å². The lowest BCUT2D eigenvalue weighted by Gasteiger charge is -2.44. The number of rotatable bonds is 4. The van der Waals surface area contributed by atoms with E-state index in [4.69, 9.17) is 4.74 Å². The van der Waals surface area contributed by atoms with Gasteiger partial charge in [-0.15, -0.1) is 0 Å². The average Bonchev–Trinajstić information content (AvgIpc) is 3.03. The van der Waals surface area contributed by atoms with Gasteiger partial charge < -0.3 is 10.1 Å². The van der Waals surface area contributed by atoms with Crippen LogP contribution >= 0.6 is 0 Å². The molecule has 1 saturated heterocycles. The second kappa shape index (κ2) is 4.19. The molecule has 2 rings (SSSR count). The molecular weight excluding hydrogens is 174 g/mol. The summed E-state index contributed by atoms with van der Waals surface area (Å²) in [7, 11) is 0. The quantitative estimate of drug-likeness (QED) is 0.747. The van der Waals surface area contributed by atoms with E-state index in [0.717, 1.165) is 31.9 Å². The lowest BCUT2D eigenvalue weighted by molar-refractivity contribution is -0.104. The Labute approximate surface area is 87.4 Å². The van der Waals surface area contributed by atoms with Crippen LogP contribution in [0.5, 0.6) is 0 Å². The molecule has 0 aromatic heterocycles. The van der Waals surface area contributed by atoms with Crippen LogP contribution in [-0.4, -0.2) is 24.8 Å². The van der Waals surface area contributed by atoms with E-state index in [1.807, 2.05) is 0 Å². The molecule has 1 aliphatic carbocycles. The summed E-state index contributed by atoms with van der Waals surface area (Å²) in [6.07, 6.45) is 6.52. The molecule has 1 N–H and O–H groups in total. The Morgan fingerprint density at radius 2 is 2.00 bits per heavy atom. The van der Waals surface area contributed by atoms with E-state index in [-0.39, 0.29) is 5.60 Å². The molecule has 2 heteroatoms. The molecule has 1 atom stereocenters. The molecule has 1 aliphatic heterocycles. The summed E-state index contributed by atoms with van der Waals surface area (Å²) < 4.78 is 6.04. The van der Waals surface area contributed by atoms with E-state index in [1.165, 1.54) is 19.3 Å². The Balaban J connectivity index is 2.00. The molecule has 1 unspecified atom stereocenters. The van der Waals surface area contributed by atoms with Crippen LogP contribution in [0, 0.1) is 5.92 Å². The number of nitrogens with one attached hydrogen (secondary N) is 1. The van der Waals surface area contributed by atoms with Crippen molar-refractivity contribution in [2.75, 3.05) is 13.2 Å². The van der Waals surface area contributed by atoms with Crippen LogP contribution in [0.15, 0.2) is 0 Å². The summed E-state index contributed by atoms with van der Waals surface area (Å²) in [5.74, 6) is 0.992. The van der Waals surface area contributed by atoms with Crippen LogP contribution in [0.4, 0.5) is 0 Å². The molecule has 2 aliphatic rings. The highest BCUT2D eigenvalue weighted by Crippen LogP contribution is 2.39. The average molecular weight is 197 g/mol. The van der Waals surface area contributed by atoms with Gasteiger partial charge in [-0.05, 0) is 25.2 Å². The number of hydrogen-bond donors (Lipinski definition) is 1. The fourth-order valence-corrected chi connectivity index (χ4v) is 2.71. The van der Waals surface area contributed by atoms with Crippen LogP contribution in [0.25, 0.3) is 0 Å². The summed E-state index contributed by atoms with van der Waals surface area (Å²) in [6, 6.07) is 0.610. The molecule has 1 heterocycles. The highest BCUT2D eigenvalue weighted by atomic mass is 16.5. The van der Waals surface area contributed by atoms with Crippen molar-refractivity contribution >= 4 is 0 Å². The van der Waals surface area contributed by atoms with Crippen molar-refractivity contribution in [3.8, 4) is 0 Å². The molecule has 82 valence electrons. The van der Waals surface area contributed by atoms with Gasteiger partial charge in [0.25, 0.3) is 0 Å². The topological polar surface area (TPSA) is 21.3 Å². The van der Waals surface area contributed by atoms with Gasteiger partial charge in [-0.2, -0.15) is 0 Å². The van der Waals surface area contributed by atoms with Gasteiger partial charge in [0.15, 0.2) is 0 Å². The Morgan fingerprint density at radius 3 is 2.57 bits per heavy atom. The minimum absolute atomic E-state index is 0.140. The smallest absolute Gasteiger partial charge is 0.0830 e. The normalized spacial score (nSPS) is 31.7. The predicted octanol–water partition coefficient (Wildman–Crippen LogP) is 2.33.